The van der Waals surface area contributed by atoms with Gasteiger partial charge in [0.15, 0.2) is 6.29 Å². The predicted molar refractivity (Wildman–Crippen MR) is 107 cm³/mol. The number of aromatic nitrogens is 1. The Kier molecular flexibility index (Phi) is 5.00. The van der Waals surface area contributed by atoms with Crippen molar-refractivity contribution in [3.8, 4) is 5.75 Å². The van der Waals surface area contributed by atoms with E-state index >= 15 is 0 Å². The highest BCUT2D eigenvalue weighted by Gasteiger charge is 2.45. The van der Waals surface area contributed by atoms with Crippen LogP contribution in [-0.4, -0.2) is 53.7 Å². The van der Waals surface area contributed by atoms with Crippen LogP contribution in [0.4, 0.5) is 0 Å². The van der Waals surface area contributed by atoms with E-state index in [2.05, 4.69) is 9.88 Å². The summed E-state index contributed by atoms with van der Waals surface area (Å²) >= 11 is 0. The lowest BCUT2D eigenvalue weighted by molar-refractivity contribution is -0.133. The smallest absolute Gasteiger partial charge is 0.339 e. The molecule has 0 spiro atoms. The fourth-order valence-corrected chi connectivity index (χ4v) is 5.13. The summed E-state index contributed by atoms with van der Waals surface area (Å²) < 4.78 is 5.55. The minimum atomic E-state index is -1.27. The molecule has 2 aromatic rings. The first-order chi connectivity index (χ1) is 14.0. The third-order valence-electron chi connectivity index (χ3n) is 6.37. The molecule has 0 bridgehead atoms. The van der Waals surface area contributed by atoms with E-state index in [-0.39, 0.29) is 17.5 Å². The molecular weight excluding hydrogens is 372 g/mol. The molecule has 0 amide bonds. The summed E-state index contributed by atoms with van der Waals surface area (Å²) in [6.07, 6.45) is 2.66. The molecule has 3 heterocycles. The third-order valence-corrected chi connectivity index (χ3v) is 6.37. The van der Waals surface area contributed by atoms with Crippen molar-refractivity contribution in [3.63, 3.8) is 0 Å². The largest absolute Gasteiger partial charge is 0.496 e. The zero-order valence-electron chi connectivity index (χ0n) is 16.5. The van der Waals surface area contributed by atoms with Crippen LogP contribution in [0.15, 0.2) is 29.3 Å². The Hall–Kier alpha value is -2.93. The molecular formula is C22H24N2O5. The summed E-state index contributed by atoms with van der Waals surface area (Å²) in [5.74, 6) is -1.34. The van der Waals surface area contributed by atoms with Crippen molar-refractivity contribution >= 4 is 29.4 Å². The van der Waals surface area contributed by atoms with E-state index in [4.69, 9.17) is 4.74 Å². The number of hydrogen-bond acceptors (Lipinski definition) is 5. The lowest BCUT2D eigenvalue weighted by atomic mass is 9.72. The number of benzene rings is 1. The van der Waals surface area contributed by atoms with Crippen LogP contribution >= 0.6 is 0 Å². The van der Waals surface area contributed by atoms with Gasteiger partial charge >= 0.3 is 5.97 Å². The van der Waals surface area contributed by atoms with Crippen molar-refractivity contribution in [3.05, 3.63) is 40.6 Å². The topological polar surface area (TPSA) is 99.7 Å². The standard InChI is InChI=1S/C22H24N2O5/c1-3-12-9-24-8-7-13-19-16(5-4-6-17(19)29-2)23-20(13)21(24)14(10-25)18(12)15(11-26)22(27)28/h4-6,10-12,14,21,23H,3,7-9H2,1-2H3,(H,27,28)/t12-,14-,21-/m0/s1. The maximum absolute atomic E-state index is 12.3. The second-order valence-corrected chi connectivity index (χ2v) is 7.65. The Bertz CT molecular complexity index is 1020. The molecule has 0 radical (unpaired) electrons. The van der Waals surface area contributed by atoms with Gasteiger partial charge in [-0.25, -0.2) is 4.79 Å². The van der Waals surface area contributed by atoms with Crippen LogP contribution in [0.2, 0.25) is 0 Å². The van der Waals surface area contributed by atoms with Gasteiger partial charge in [0.25, 0.3) is 0 Å². The van der Waals surface area contributed by atoms with E-state index in [0.717, 1.165) is 47.2 Å². The number of hydrogen-bond donors (Lipinski definition) is 2. The van der Waals surface area contributed by atoms with Gasteiger partial charge in [0.2, 0.25) is 0 Å². The Morgan fingerprint density at radius 2 is 2.17 bits per heavy atom. The number of nitrogens with zero attached hydrogens (tertiary/aromatic N) is 1. The highest BCUT2D eigenvalue weighted by atomic mass is 16.5. The van der Waals surface area contributed by atoms with Gasteiger partial charge in [-0.2, -0.15) is 0 Å². The molecule has 1 fully saturated rings. The third kappa shape index (κ3) is 2.88. The summed E-state index contributed by atoms with van der Waals surface area (Å²) in [6.45, 7) is 3.35. The predicted octanol–water partition coefficient (Wildman–Crippen LogP) is 2.51. The number of carbonyl (C=O) groups excluding carboxylic acids is 2. The molecule has 2 N–H and O–H groups in total. The lowest BCUT2D eigenvalue weighted by Gasteiger charge is -2.47. The number of rotatable bonds is 5. The molecule has 3 atom stereocenters. The maximum Gasteiger partial charge on any atom is 0.339 e. The number of carboxylic acids is 1. The fraction of sp³-hybridized carbons (Fsp3) is 0.409. The van der Waals surface area contributed by atoms with Crippen molar-refractivity contribution in [2.45, 2.75) is 25.8 Å². The van der Waals surface area contributed by atoms with Gasteiger partial charge in [-0.3, -0.25) is 9.69 Å². The van der Waals surface area contributed by atoms with Crippen molar-refractivity contribution < 1.29 is 24.2 Å². The minimum absolute atomic E-state index is 0.141. The molecule has 4 rings (SSSR count). The number of aliphatic carboxylic acids is 1. The summed E-state index contributed by atoms with van der Waals surface area (Å²) in [6, 6.07) is 5.47. The van der Waals surface area contributed by atoms with Crippen molar-refractivity contribution in [1.29, 1.82) is 0 Å². The highest BCUT2D eigenvalue weighted by molar-refractivity contribution is 6.08. The average molecular weight is 396 g/mol. The zero-order chi connectivity index (χ0) is 20.7. The summed E-state index contributed by atoms with van der Waals surface area (Å²) in [5, 5.41) is 10.6. The van der Waals surface area contributed by atoms with Gasteiger partial charge in [-0.1, -0.05) is 13.0 Å². The molecule has 2 aliphatic rings. The number of fused-ring (bicyclic) bond motifs is 5. The summed E-state index contributed by atoms with van der Waals surface area (Å²) in [7, 11) is 1.63. The Labute approximate surface area is 168 Å². The molecule has 0 unspecified atom stereocenters. The molecule has 1 saturated heterocycles. The molecule has 7 nitrogen and oxygen atoms in total. The van der Waals surface area contributed by atoms with E-state index < -0.39 is 11.9 Å². The molecule has 7 heteroatoms. The van der Waals surface area contributed by atoms with Crippen LogP contribution in [0.1, 0.15) is 30.6 Å². The van der Waals surface area contributed by atoms with Crippen LogP contribution in [0, 0.1) is 11.8 Å². The first kappa shape index (κ1) is 19.4. The lowest BCUT2D eigenvalue weighted by Crippen LogP contribution is -2.49. The number of aromatic amines is 1. The SMILES string of the molecule is CC[C@H]1CN2CCc3c([nH]c4cccc(OC)c34)[C@@H]2[C@@H](C=O)C1=C(C=O)C(=O)O. The fourth-order valence-electron chi connectivity index (χ4n) is 5.13. The number of carboxylic acid groups (broad SMARTS) is 1. The van der Waals surface area contributed by atoms with E-state index in [1.54, 1.807) is 7.11 Å². The van der Waals surface area contributed by atoms with Crippen LogP contribution in [-0.2, 0) is 20.8 Å². The minimum Gasteiger partial charge on any atom is -0.496 e. The Morgan fingerprint density at radius 1 is 1.38 bits per heavy atom. The quantitative estimate of drug-likeness (QED) is 0.349. The Morgan fingerprint density at radius 3 is 2.79 bits per heavy atom. The van der Waals surface area contributed by atoms with E-state index in [0.29, 0.717) is 24.8 Å². The van der Waals surface area contributed by atoms with Gasteiger partial charge in [0, 0.05) is 29.7 Å². The second kappa shape index (κ2) is 7.48. The van der Waals surface area contributed by atoms with Gasteiger partial charge in [0.1, 0.15) is 12.0 Å². The second-order valence-electron chi connectivity index (χ2n) is 7.65. The van der Waals surface area contributed by atoms with Crippen molar-refractivity contribution in [2.24, 2.45) is 11.8 Å². The number of piperidine rings is 1. The number of H-pyrrole nitrogens is 1. The van der Waals surface area contributed by atoms with Crippen LogP contribution < -0.4 is 4.74 Å². The first-order valence-electron chi connectivity index (χ1n) is 9.84. The molecule has 1 aromatic carbocycles. The molecule has 0 saturated carbocycles. The molecule has 152 valence electrons. The average Bonchev–Trinajstić information content (AvgIpc) is 3.12. The van der Waals surface area contributed by atoms with Gasteiger partial charge in [0.05, 0.1) is 24.6 Å². The van der Waals surface area contributed by atoms with Crippen molar-refractivity contribution in [2.75, 3.05) is 20.2 Å². The van der Waals surface area contributed by atoms with Crippen LogP contribution in [0.5, 0.6) is 5.75 Å². The monoisotopic (exact) mass is 396 g/mol. The van der Waals surface area contributed by atoms with Gasteiger partial charge < -0.3 is 19.6 Å². The van der Waals surface area contributed by atoms with Crippen molar-refractivity contribution in [1.82, 2.24) is 9.88 Å². The Balaban J connectivity index is 1.94. The highest BCUT2D eigenvalue weighted by Crippen LogP contribution is 2.48. The van der Waals surface area contributed by atoms with Crippen LogP contribution in [0.3, 0.4) is 0 Å². The molecule has 1 aromatic heterocycles. The molecule has 2 aliphatic heterocycles. The van der Waals surface area contributed by atoms with Gasteiger partial charge in [-0.05, 0) is 42.0 Å². The number of aldehydes is 2. The molecule has 0 aliphatic carbocycles. The van der Waals surface area contributed by atoms with Gasteiger partial charge in [-0.15, -0.1) is 0 Å². The first-order valence-corrected chi connectivity index (χ1v) is 9.84. The van der Waals surface area contributed by atoms with E-state index in [1.165, 1.54) is 0 Å². The van der Waals surface area contributed by atoms with E-state index in [1.807, 2.05) is 25.1 Å². The number of nitrogens with one attached hydrogen (secondary N) is 1. The molecule has 29 heavy (non-hydrogen) atoms. The zero-order valence-corrected chi connectivity index (χ0v) is 16.5. The van der Waals surface area contributed by atoms with E-state index in [9.17, 15) is 19.5 Å². The number of carbonyl (C=O) groups is 3. The number of ether oxygens (including phenoxy) is 1. The summed E-state index contributed by atoms with van der Waals surface area (Å²) in [5.41, 5.74) is 3.11. The summed E-state index contributed by atoms with van der Waals surface area (Å²) in [4.78, 5) is 41.3. The normalized spacial score (nSPS) is 25.8. The van der Waals surface area contributed by atoms with Crippen LogP contribution in [0.25, 0.3) is 10.9 Å². The maximum atomic E-state index is 12.3. The number of methoxy groups -OCH3 is 1.